The molecule has 34 heavy (non-hydrogen) atoms. The van der Waals surface area contributed by atoms with Gasteiger partial charge in [-0.3, -0.25) is 4.79 Å². The van der Waals surface area contributed by atoms with Crippen LogP contribution in [0.25, 0.3) is 0 Å². The summed E-state index contributed by atoms with van der Waals surface area (Å²) >= 11 is 0. The number of hydrogen-bond acceptors (Lipinski definition) is 4. The number of nitrogens with one attached hydrogen (secondary N) is 2. The number of amides is 1. The maximum Gasteiger partial charge on any atom is 0.258 e. The Balaban J connectivity index is 1.56. The van der Waals surface area contributed by atoms with E-state index < -0.39 is 10.0 Å². The molecule has 1 amide bonds. The van der Waals surface area contributed by atoms with E-state index in [4.69, 9.17) is 4.74 Å². The number of benzene rings is 3. The number of carbonyl (C=O) groups excluding carboxylic acids is 1. The number of hydrogen-bond donors (Lipinski definition) is 2. The molecule has 0 heterocycles. The molecule has 2 unspecified atom stereocenters. The van der Waals surface area contributed by atoms with Gasteiger partial charge in [0.15, 0.2) is 6.61 Å². The smallest absolute Gasteiger partial charge is 0.258 e. The molecule has 2 atom stereocenters. The van der Waals surface area contributed by atoms with Gasteiger partial charge in [0.25, 0.3) is 5.91 Å². The first-order chi connectivity index (χ1) is 16.1. The molecule has 2 N–H and O–H groups in total. The Labute approximate surface area is 202 Å². The molecular weight excluding hydrogens is 448 g/mol. The van der Waals surface area contributed by atoms with Gasteiger partial charge >= 0.3 is 0 Å². The molecule has 0 aliphatic rings. The van der Waals surface area contributed by atoms with E-state index in [1.165, 1.54) is 23.3 Å². The summed E-state index contributed by atoms with van der Waals surface area (Å²) in [5, 5.41) is 2.96. The lowest BCUT2D eigenvalue weighted by Gasteiger charge is -2.18. The SMILES string of the molecule is Cc1cc(C)c(C(C)NC(=O)COc2ccc(S(=O)(=O)NC(C)c3ccccc3)cc2)cc1C. The zero-order chi connectivity index (χ0) is 24.9. The largest absolute Gasteiger partial charge is 0.484 e. The highest BCUT2D eigenvalue weighted by atomic mass is 32.2. The van der Waals surface area contributed by atoms with Crippen molar-refractivity contribution in [1.82, 2.24) is 10.0 Å². The minimum Gasteiger partial charge on any atom is -0.484 e. The average molecular weight is 481 g/mol. The first-order valence-electron chi connectivity index (χ1n) is 11.2. The van der Waals surface area contributed by atoms with E-state index >= 15 is 0 Å². The van der Waals surface area contributed by atoms with Crippen LogP contribution in [0.2, 0.25) is 0 Å². The topological polar surface area (TPSA) is 84.5 Å². The minimum absolute atomic E-state index is 0.130. The van der Waals surface area contributed by atoms with E-state index in [1.807, 2.05) is 44.2 Å². The van der Waals surface area contributed by atoms with Crippen molar-refractivity contribution in [2.24, 2.45) is 0 Å². The number of rotatable bonds is 9. The average Bonchev–Trinajstić information content (AvgIpc) is 2.80. The van der Waals surface area contributed by atoms with Crippen LogP contribution in [-0.4, -0.2) is 20.9 Å². The molecule has 0 spiro atoms. The summed E-state index contributed by atoms with van der Waals surface area (Å²) in [6.45, 7) is 9.73. The molecule has 0 radical (unpaired) electrons. The second kappa shape index (κ2) is 10.8. The summed E-state index contributed by atoms with van der Waals surface area (Å²) in [7, 11) is -3.70. The summed E-state index contributed by atoms with van der Waals surface area (Å²) in [4.78, 5) is 12.5. The first-order valence-corrected chi connectivity index (χ1v) is 12.7. The Hall–Kier alpha value is -3.16. The molecule has 0 aliphatic carbocycles. The van der Waals surface area contributed by atoms with E-state index in [0.717, 1.165) is 16.7 Å². The Morgan fingerprint density at radius 1 is 0.853 bits per heavy atom. The van der Waals surface area contributed by atoms with Gasteiger partial charge in [-0.25, -0.2) is 13.1 Å². The molecule has 3 rings (SSSR count). The van der Waals surface area contributed by atoms with Gasteiger partial charge in [0.05, 0.1) is 10.9 Å². The Morgan fingerprint density at radius 2 is 1.47 bits per heavy atom. The predicted molar refractivity (Wildman–Crippen MR) is 134 cm³/mol. The lowest BCUT2D eigenvalue weighted by molar-refractivity contribution is -0.123. The van der Waals surface area contributed by atoms with Gasteiger partial charge in [-0.15, -0.1) is 0 Å². The quantitative estimate of drug-likeness (QED) is 0.456. The van der Waals surface area contributed by atoms with Crippen LogP contribution in [0.15, 0.2) is 71.6 Å². The fraction of sp³-hybridized carbons (Fsp3) is 0.296. The molecule has 0 saturated carbocycles. The van der Waals surface area contributed by atoms with E-state index in [2.05, 4.69) is 36.0 Å². The van der Waals surface area contributed by atoms with E-state index in [0.29, 0.717) is 5.75 Å². The molecule has 6 nitrogen and oxygen atoms in total. The molecule has 0 saturated heterocycles. The fourth-order valence-electron chi connectivity index (χ4n) is 3.78. The number of sulfonamides is 1. The molecule has 3 aromatic carbocycles. The standard InChI is InChI=1S/C27H32N2O4S/c1-18-15-20(3)26(16-19(18)2)22(5)28-27(30)17-33-24-11-13-25(14-12-24)34(31,32)29-21(4)23-9-7-6-8-10-23/h6-16,21-22,29H,17H2,1-5H3,(H,28,30). The lowest BCUT2D eigenvalue weighted by Crippen LogP contribution is -2.31. The molecule has 180 valence electrons. The van der Waals surface area contributed by atoms with Crippen LogP contribution in [0.1, 0.15) is 53.7 Å². The van der Waals surface area contributed by atoms with Crippen molar-refractivity contribution in [3.05, 3.63) is 94.5 Å². The van der Waals surface area contributed by atoms with Crippen LogP contribution in [0.4, 0.5) is 0 Å². The van der Waals surface area contributed by atoms with Crippen LogP contribution < -0.4 is 14.8 Å². The van der Waals surface area contributed by atoms with E-state index in [1.54, 1.807) is 19.1 Å². The second-order valence-corrected chi connectivity index (χ2v) is 10.3. The summed E-state index contributed by atoms with van der Waals surface area (Å²) in [6.07, 6.45) is 0. The third-order valence-electron chi connectivity index (χ3n) is 5.86. The normalized spacial score (nSPS) is 13.2. The summed E-state index contributed by atoms with van der Waals surface area (Å²) in [5.41, 5.74) is 5.48. The number of aryl methyl sites for hydroxylation is 3. The summed E-state index contributed by atoms with van der Waals surface area (Å²) in [5.74, 6) is 0.167. The van der Waals surface area contributed by atoms with Crippen molar-refractivity contribution in [2.45, 2.75) is 51.6 Å². The van der Waals surface area contributed by atoms with Crippen molar-refractivity contribution in [1.29, 1.82) is 0 Å². The number of carbonyl (C=O) groups is 1. The highest BCUT2D eigenvalue weighted by Gasteiger charge is 2.19. The van der Waals surface area contributed by atoms with Gasteiger partial charge in [0.1, 0.15) is 5.75 Å². The van der Waals surface area contributed by atoms with Crippen molar-refractivity contribution in [3.63, 3.8) is 0 Å². The Morgan fingerprint density at radius 3 is 2.12 bits per heavy atom. The highest BCUT2D eigenvalue weighted by molar-refractivity contribution is 7.89. The first kappa shape index (κ1) is 25.5. The van der Waals surface area contributed by atoms with E-state index in [9.17, 15) is 13.2 Å². The molecule has 0 aromatic heterocycles. The van der Waals surface area contributed by atoms with Gasteiger partial charge in [-0.1, -0.05) is 42.5 Å². The Bertz CT molecular complexity index is 1240. The van der Waals surface area contributed by atoms with Gasteiger partial charge in [-0.05, 0) is 86.7 Å². The van der Waals surface area contributed by atoms with Gasteiger partial charge in [0.2, 0.25) is 10.0 Å². The van der Waals surface area contributed by atoms with Crippen molar-refractivity contribution in [2.75, 3.05) is 6.61 Å². The predicted octanol–water partition coefficient (Wildman–Crippen LogP) is 4.91. The molecule has 0 aliphatic heterocycles. The zero-order valence-corrected chi connectivity index (χ0v) is 21.1. The number of ether oxygens (including phenoxy) is 1. The zero-order valence-electron chi connectivity index (χ0n) is 20.3. The van der Waals surface area contributed by atoms with Crippen molar-refractivity contribution in [3.8, 4) is 5.75 Å². The summed E-state index contributed by atoms with van der Waals surface area (Å²) in [6, 6.07) is 19.1. The maximum atomic E-state index is 12.7. The molecular formula is C27H32N2O4S. The highest BCUT2D eigenvalue weighted by Crippen LogP contribution is 2.22. The van der Waals surface area contributed by atoms with Crippen molar-refractivity contribution < 1.29 is 17.9 Å². The van der Waals surface area contributed by atoms with Gasteiger partial charge < -0.3 is 10.1 Å². The molecule has 3 aromatic rings. The van der Waals surface area contributed by atoms with Crippen LogP contribution in [-0.2, 0) is 14.8 Å². The summed E-state index contributed by atoms with van der Waals surface area (Å²) < 4.78 is 33.7. The lowest BCUT2D eigenvalue weighted by atomic mass is 9.96. The second-order valence-electron chi connectivity index (χ2n) is 8.60. The monoisotopic (exact) mass is 480 g/mol. The van der Waals surface area contributed by atoms with Crippen LogP contribution >= 0.6 is 0 Å². The molecule has 7 heteroatoms. The fourth-order valence-corrected chi connectivity index (χ4v) is 5.02. The van der Waals surface area contributed by atoms with Gasteiger partial charge in [0, 0.05) is 6.04 Å². The molecule has 0 bridgehead atoms. The third-order valence-corrected chi connectivity index (χ3v) is 7.42. The van der Waals surface area contributed by atoms with Crippen molar-refractivity contribution >= 4 is 15.9 Å². The minimum atomic E-state index is -3.70. The van der Waals surface area contributed by atoms with Crippen LogP contribution in [0.5, 0.6) is 5.75 Å². The maximum absolute atomic E-state index is 12.7. The Kier molecular flexibility index (Phi) is 8.12. The molecule has 0 fully saturated rings. The van der Waals surface area contributed by atoms with Gasteiger partial charge in [-0.2, -0.15) is 0 Å². The van der Waals surface area contributed by atoms with E-state index in [-0.39, 0.29) is 29.5 Å². The van der Waals surface area contributed by atoms with Crippen LogP contribution in [0, 0.1) is 20.8 Å². The van der Waals surface area contributed by atoms with Crippen LogP contribution in [0.3, 0.4) is 0 Å². The third kappa shape index (κ3) is 6.46.